The molecule has 0 aromatic heterocycles. The summed E-state index contributed by atoms with van der Waals surface area (Å²) in [5.74, 6) is -0.375. The number of anilines is 1. The summed E-state index contributed by atoms with van der Waals surface area (Å²) in [7, 11) is 0. The van der Waals surface area contributed by atoms with E-state index in [9.17, 15) is 9.59 Å². The maximum absolute atomic E-state index is 12.7. The second-order valence-corrected chi connectivity index (χ2v) is 6.36. The van der Waals surface area contributed by atoms with Crippen LogP contribution in [0.3, 0.4) is 0 Å². The van der Waals surface area contributed by atoms with Crippen LogP contribution in [0.15, 0.2) is 84.9 Å². The van der Waals surface area contributed by atoms with E-state index in [-0.39, 0.29) is 24.3 Å². The van der Waals surface area contributed by atoms with Crippen LogP contribution in [-0.4, -0.2) is 11.8 Å². The van der Waals surface area contributed by atoms with Crippen molar-refractivity contribution in [2.45, 2.75) is 19.4 Å². The topological polar surface area (TPSA) is 58.2 Å². The van der Waals surface area contributed by atoms with E-state index in [2.05, 4.69) is 10.6 Å². The lowest BCUT2D eigenvalue weighted by Crippen LogP contribution is -2.28. The summed E-state index contributed by atoms with van der Waals surface area (Å²) in [6, 6.07) is 26.2. The van der Waals surface area contributed by atoms with Gasteiger partial charge in [-0.1, -0.05) is 72.8 Å². The average Bonchev–Trinajstić information content (AvgIpc) is 2.69. The zero-order chi connectivity index (χ0) is 19.1. The largest absolute Gasteiger partial charge is 0.345 e. The first-order chi connectivity index (χ1) is 13.1. The molecule has 2 amide bonds. The molecule has 3 aromatic carbocycles. The van der Waals surface area contributed by atoms with Crippen molar-refractivity contribution >= 4 is 17.5 Å². The summed E-state index contributed by atoms with van der Waals surface area (Å²) < 4.78 is 0. The maximum atomic E-state index is 12.7. The second kappa shape index (κ2) is 8.81. The van der Waals surface area contributed by atoms with Crippen molar-refractivity contribution < 1.29 is 9.59 Å². The fourth-order valence-corrected chi connectivity index (χ4v) is 2.87. The fraction of sp³-hybridized carbons (Fsp3) is 0.130. The van der Waals surface area contributed by atoms with Crippen LogP contribution < -0.4 is 10.6 Å². The first kappa shape index (κ1) is 18.4. The Morgan fingerprint density at radius 2 is 1.41 bits per heavy atom. The van der Waals surface area contributed by atoms with E-state index in [1.165, 1.54) is 0 Å². The van der Waals surface area contributed by atoms with Crippen LogP contribution in [0.2, 0.25) is 0 Å². The molecule has 2 N–H and O–H groups in total. The highest BCUT2D eigenvalue weighted by atomic mass is 16.2. The number of hydrogen-bond donors (Lipinski definition) is 2. The SMILES string of the molecule is C[C@@H](NC(=O)c1ccccc1NC(=O)Cc1ccccc1)c1ccccc1. The number of amides is 2. The zero-order valence-corrected chi connectivity index (χ0v) is 15.2. The third kappa shape index (κ3) is 5.05. The van der Waals surface area contributed by atoms with Crippen molar-refractivity contribution in [3.8, 4) is 0 Å². The number of carbonyl (C=O) groups excluding carboxylic acids is 2. The predicted octanol–water partition coefficient (Wildman–Crippen LogP) is 4.36. The van der Waals surface area contributed by atoms with Crippen LogP contribution >= 0.6 is 0 Å². The van der Waals surface area contributed by atoms with Gasteiger partial charge in [-0.05, 0) is 30.2 Å². The molecule has 0 aliphatic heterocycles. The minimum Gasteiger partial charge on any atom is -0.345 e. The number of para-hydroxylation sites is 1. The van der Waals surface area contributed by atoms with Crippen molar-refractivity contribution in [2.75, 3.05) is 5.32 Å². The van der Waals surface area contributed by atoms with Crippen LogP contribution in [0.5, 0.6) is 0 Å². The lowest BCUT2D eigenvalue weighted by Gasteiger charge is -2.16. The molecule has 27 heavy (non-hydrogen) atoms. The first-order valence-electron chi connectivity index (χ1n) is 8.92. The van der Waals surface area contributed by atoms with Crippen molar-refractivity contribution in [3.63, 3.8) is 0 Å². The highest BCUT2D eigenvalue weighted by molar-refractivity contribution is 6.04. The number of nitrogens with one attached hydrogen (secondary N) is 2. The quantitative estimate of drug-likeness (QED) is 0.688. The number of carbonyl (C=O) groups is 2. The van der Waals surface area contributed by atoms with Gasteiger partial charge < -0.3 is 10.6 Å². The third-order valence-corrected chi connectivity index (χ3v) is 4.30. The molecule has 4 nitrogen and oxygen atoms in total. The van der Waals surface area contributed by atoms with Crippen molar-refractivity contribution in [3.05, 3.63) is 102 Å². The van der Waals surface area contributed by atoms with Crippen LogP contribution in [0.4, 0.5) is 5.69 Å². The van der Waals surface area contributed by atoms with E-state index in [4.69, 9.17) is 0 Å². The Kier molecular flexibility index (Phi) is 6.00. The van der Waals surface area contributed by atoms with E-state index in [1.54, 1.807) is 24.3 Å². The summed E-state index contributed by atoms with van der Waals surface area (Å²) >= 11 is 0. The van der Waals surface area contributed by atoms with Crippen LogP contribution in [-0.2, 0) is 11.2 Å². The third-order valence-electron chi connectivity index (χ3n) is 4.30. The van der Waals surface area contributed by atoms with Crippen molar-refractivity contribution in [1.82, 2.24) is 5.32 Å². The van der Waals surface area contributed by atoms with Gasteiger partial charge in [-0.15, -0.1) is 0 Å². The summed E-state index contributed by atoms with van der Waals surface area (Å²) in [6.07, 6.45) is 0.261. The molecule has 0 radical (unpaired) electrons. The Morgan fingerprint density at radius 3 is 2.11 bits per heavy atom. The smallest absolute Gasteiger partial charge is 0.253 e. The molecule has 4 heteroatoms. The molecule has 0 saturated carbocycles. The van der Waals surface area contributed by atoms with Crippen LogP contribution in [0.25, 0.3) is 0 Å². The van der Waals surface area contributed by atoms with E-state index in [0.717, 1.165) is 11.1 Å². The highest BCUT2D eigenvalue weighted by Gasteiger charge is 2.16. The summed E-state index contributed by atoms with van der Waals surface area (Å²) in [5.41, 5.74) is 2.91. The highest BCUT2D eigenvalue weighted by Crippen LogP contribution is 2.18. The van der Waals surface area contributed by atoms with E-state index in [1.807, 2.05) is 67.6 Å². The maximum Gasteiger partial charge on any atom is 0.253 e. The summed E-state index contributed by atoms with van der Waals surface area (Å²) in [5, 5.41) is 5.84. The Balaban J connectivity index is 1.69. The van der Waals surface area contributed by atoms with E-state index >= 15 is 0 Å². The number of rotatable bonds is 6. The monoisotopic (exact) mass is 358 g/mol. The normalized spacial score (nSPS) is 11.4. The number of hydrogen-bond acceptors (Lipinski definition) is 2. The van der Waals surface area contributed by atoms with Gasteiger partial charge in [0.2, 0.25) is 5.91 Å². The Morgan fingerprint density at radius 1 is 0.815 bits per heavy atom. The fourth-order valence-electron chi connectivity index (χ4n) is 2.87. The molecular weight excluding hydrogens is 336 g/mol. The molecule has 3 rings (SSSR count). The van der Waals surface area contributed by atoms with Crippen LogP contribution in [0.1, 0.15) is 34.5 Å². The second-order valence-electron chi connectivity index (χ2n) is 6.36. The predicted molar refractivity (Wildman–Crippen MR) is 108 cm³/mol. The van der Waals surface area contributed by atoms with Gasteiger partial charge in [-0.3, -0.25) is 9.59 Å². The first-order valence-corrected chi connectivity index (χ1v) is 8.92. The molecule has 0 aliphatic rings. The van der Waals surface area contributed by atoms with Crippen molar-refractivity contribution in [2.24, 2.45) is 0 Å². The van der Waals surface area contributed by atoms with Gasteiger partial charge in [0, 0.05) is 0 Å². The molecule has 3 aromatic rings. The lowest BCUT2D eigenvalue weighted by molar-refractivity contribution is -0.115. The average molecular weight is 358 g/mol. The standard InChI is InChI=1S/C23H22N2O2/c1-17(19-12-6-3-7-13-19)24-23(27)20-14-8-9-15-21(20)25-22(26)16-18-10-4-2-5-11-18/h2-15,17H,16H2,1H3,(H,24,27)(H,25,26)/t17-/m1/s1. The molecule has 1 atom stereocenters. The molecule has 0 unspecified atom stereocenters. The van der Waals surface area contributed by atoms with Gasteiger partial charge in [-0.2, -0.15) is 0 Å². The van der Waals surface area contributed by atoms with Gasteiger partial charge in [0.25, 0.3) is 5.91 Å². The van der Waals surface area contributed by atoms with Gasteiger partial charge in [0.05, 0.1) is 23.7 Å². The van der Waals surface area contributed by atoms with E-state index in [0.29, 0.717) is 11.3 Å². The van der Waals surface area contributed by atoms with Gasteiger partial charge in [0.15, 0.2) is 0 Å². The minimum absolute atomic E-state index is 0.133. The Labute approximate surface area is 159 Å². The molecule has 0 saturated heterocycles. The minimum atomic E-state index is -0.220. The Bertz CT molecular complexity index is 908. The molecule has 0 fully saturated rings. The molecule has 136 valence electrons. The summed E-state index contributed by atoms with van der Waals surface area (Å²) in [4.78, 5) is 25.1. The molecule has 0 bridgehead atoms. The molecule has 0 aliphatic carbocycles. The molecular formula is C23H22N2O2. The van der Waals surface area contributed by atoms with E-state index < -0.39 is 0 Å². The Hall–Kier alpha value is -3.40. The lowest BCUT2D eigenvalue weighted by atomic mass is 10.1. The molecule has 0 heterocycles. The van der Waals surface area contributed by atoms with Crippen molar-refractivity contribution in [1.29, 1.82) is 0 Å². The molecule has 0 spiro atoms. The van der Waals surface area contributed by atoms with Crippen LogP contribution in [0, 0.1) is 0 Å². The summed E-state index contributed by atoms with van der Waals surface area (Å²) in [6.45, 7) is 1.93. The van der Waals surface area contributed by atoms with Gasteiger partial charge in [0.1, 0.15) is 0 Å². The van der Waals surface area contributed by atoms with Gasteiger partial charge in [-0.25, -0.2) is 0 Å². The zero-order valence-electron chi connectivity index (χ0n) is 15.2. The number of benzene rings is 3. The van der Waals surface area contributed by atoms with Gasteiger partial charge >= 0.3 is 0 Å².